The molecule has 1 aromatic rings. The summed E-state index contributed by atoms with van der Waals surface area (Å²) >= 11 is 0. The van der Waals surface area contributed by atoms with Crippen LogP contribution >= 0.6 is 0 Å². The molecule has 0 atom stereocenters. The highest BCUT2D eigenvalue weighted by molar-refractivity contribution is 5.23. The number of nitrogen functional groups attached to an aromatic ring is 1. The van der Waals surface area contributed by atoms with E-state index >= 15 is 0 Å². The summed E-state index contributed by atoms with van der Waals surface area (Å²) < 4.78 is 0. The number of nitriles is 1. The normalized spacial score (nSPS) is 8.73. The van der Waals surface area contributed by atoms with Crippen LogP contribution in [0.4, 0.5) is 5.95 Å². The highest BCUT2D eigenvalue weighted by Crippen LogP contribution is 1.98. The molecule has 0 aliphatic rings. The van der Waals surface area contributed by atoms with E-state index in [9.17, 15) is 0 Å². The first-order chi connectivity index (χ1) is 5.36. The van der Waals surface area contributed by atoms with Gasteiger partial charge in [-0.3, -0.25) is 5.43 Å². The van der Waals surface area contributed by atoms with Gasteiger partial charge in [-0.1, -0.05) is 0 Å². The van der Waals surface area contributed by atoms with Crippen molar-refractivity contribution in [2.45, 2.75) is 6.42 Å². The Kier molecular flexibility index (Phi) is 2.36. The van der Waals surface area contributed by atoms with Gasteiger partial charge in [-0.25, -0.2) is 15.8 Å². The van der Waals surface area contributed by atoms with Crippen LogP contribution in [-0.4, -0.2) is 9.97 Å². The zero-order chi connectivity index (χ0) is 8.10. The lowest BCUT2D eigenvalue weighted by atomic mass is 10.3. The van der Waals surface area contributed by atoms with Crippen molar-refractivity contribution in [3.8, 4) is 6.07 Å². The molecule has 0 saturated carbocycles. The van der Waals surface area contributed by atoms with Crippen molar-refractivity contribution < 1.29 is 0 Å². The molecule has 0 aliphatic heterocycles. The number of rotatable bonds is 2. The lowest BCUT2D eigenvalue weighted by molar-refractivity contribution is 1.04. The van der Waals surface area contributed by atoms with Gasteiger partial charge in [-0.15, -0.1) is 0 Å². The Labute approximate surface area is 63.9 Å². The maximum absolute atomic E-state index is 8.32. The maximum atomic E-state index is 8.32. The molecule has 3 N–H and O–H groups in total. The molecule has 1 rings (SSSR count). The summed E-state index contributed by atoms with van der Waals surface area (Å²) in [5.41, 5.74) is 2.96. The summed E-state index contributed by atoms with van der Waals surface area (Å²) in [4.78, 5) is 7.69. The SMILES string of the molecule is N#CCc1ccnc(NN)n1. The molecule has 0 aromatic carbocycles. The Balaban J connectivity index is 2.84. The van der Waals surface area contributed by atoms with Gasteiger partial charge in [0.15, 0.2) is 0 Å². The molecule has 0 radical (unpaired) electrons. The third-order valence-corrected chi connectivity index (χ3v) is 1.10. The van der Waals surface area contributed by atoms with Crippen LogP contribution < -0.4 is 11.3 Å². The Hall–Kier alpha value is -1.67. The molecule has 5 nitrogen and oxygen atoms in total. The first kappa shape index (κ1) is 7.44. The lowest BCUT2D eigenvalue weighted by Gasteiger charge is -1.97. The third-order valence-electron chi connectivity index (χ3n) is 1.10. The van der Waals surface area contributed by atoms with Gasteiger partial charge in [0.1, 0.15) is 0 Å². The number of hydrogen-bond acceptors (Lipinski definition) is 5. The van der Waals surface area contributed by atoms with E-state index in [1.807, 2.05) is 6.07 Å². The van der Waals surface area contributed by atoms with Crippen LogP contribution in [0.15, 0.2) is 12.3 Å². The van der Waals surface area contributed by atoms with Crippen LogP contribution in [0.1, 0.15) is 5.69 Å². The highest BCUT2D eigenvalue weighted by Gasteiger charge is 1.94. The van der Waals surface area contributed by atoms with Crippen molar-refractivity contribution in [1.82, 2.24) is 9.97 Å². The zero-order valence-electron chi connectivity index (χ0n) is 5.78. The fourth-order valence-electron chi connectivity index (χ4n) is 0.645. The van der Waals surface area contributed by atoms with E-state index in [-0.39, 0.29) is 6.42 Å². The summed E-state index contributed by atoms with van der Waals surface area (Å²) in [5.74, 6) is 5.39. The number of aromatic nitrogens is 2. The molecule has 1 aromatic heterocycles. The zero-order valence-corrected chi connectivity index (χ0v) is 5.78. The van der Waals surface area contributed by atoms with Gasteiger partial charge < -0.3 is 0 Å². The number of nitrogens with one attached hydrogen (secondary N) is 1. The van der Waals surface area contributed by atoms with E-state index < -0.39 is 0 Å². The molecule has 0 saturated heterocycles. The average Bonchev–Trinajstić information content (AvgIpc) is 2.06. The van der Waals surface area contributed by atoms with Crippen LogP contribution in [0.5, 0.6) is 0 Å². The van der Waals surface area contributed by atoms with E-state index in [0.29, 0.717) is 11.6 Å². The van der Waals surface area contributed by atoms with Crippen LogP contribution in [-0.2, 0) is 6.42 Å². The summed E-state index contributed by atoms with van der Waals surface area (Å²) in [5, 5.41) is 8.32. The minimum Gasteiger partial charge on any atom is -0.292 e. The number of nitrogens with zero attached hydrogens (tertiary/aromatic N) is 3. The first-order valence-electron chi connectivity index (χ1n) is 3.02. The van der Waals surface area contributed by atoms with Gasteiger partial charge in [0.05, 0.1) is 18.2 Å². The predicted octanol–water partition coefficient (Wildman–Crippen LogP) is -0.172. The molecule has 56 valence electrons. The molecular formula is C6H7N5. The smallest absolute Gasteiger partial charge is 0.237 e. The second kappa shape index (κ2) is 3.49. The second-order valence-corrected chi connectivity index (χ2v) is 1.85. The van der Waals surface area contributed by atoms with Gasteiger partial charge in [-0.05, 0) is 6.07 Å². The predicted molar refractivity (Wildman–Crippen MR) is 39.2 cm³/mol. The second-order valence-electron chi connectivity index (χ2n) is 1.85. The fourth-order valence-corrected chi connectivity index (χ4v) is 0.645. The molecule has 0 amide bonds. The Bertz CT molecular complexity index is 277. The van der Waals surface area contributed by atoms with Crippen molar-refractivity contribution in [2.75, 3.05) is 5.43 Å². The van der Waals surface area contributed by atoms with Crippen molar-refractivity contribution in [3.05, 3.63) is 18.0 Å². The van der Waals surface area contributed by atoms with Crippen LogP contribution in [0.3, 0.4) is 0 Å². The van der Waals surface area contributed by atoms with Crippen molar-refractivity contribution in [2.24, 2.45) is 5.84 Å². The number of nitrogens with two attached hydrogens (primary N) is 1. The van der Waals surface area contributed by atoms with Crippen LogP contribution in [0, 0.1) is 11.3 Å². The Morgan fingerprint density at radius 2 is 2.55 bits per heavy atom. The molecule has 0 fully saturated rings. The third kappa shape index (κ3) is 1.88. The summed E-state index contributed by atoms with van der Waals surface area (Å²) in [6.07, 6.45) is 1.83. The van der Waals surface area contributed by atoms with Crippen molar-refractivity contribution >= 4 is 5.95 Å². The standard InChI is InChI=1S/C6H7N5/c7-3-1-5-2-4-9-6(10-5)11-8/h2,4H,1,8H2,(H,9,10,11). The van der Waals surface area contributed by atoms with E-state index in [0.717, 1.165) is 0 Å². The Morgan fingerprint density at radius 3 is 3.18 bits per heavy atom. The first-order valence-corrected chi connectivity index (χ1v) is 3.02. The molecule has 0 aliphatic carbocycles. The topological polar surface area (TPSA) is 87.6 Å². The van der Waals surface area contributed by atoms with Gasteiger partial charge in [0.2, 0.25) is 5.95 Å². The van der Waals surface area contributed by atoms with Crippen LogP contribution in [0.25, 0.3) is 0 Å². The summed E-state index contributed by atoms with van der Waals surface area (Å²) in [6, 6.07) is 3.65. The van der Waals surface area contributed by atoms with Gasteiger partial charge in [0, 0.05) is 6.20 Å². The van der Waals surface area contributed by atoms with E-state index in [4.69, 9.17) is 11.1 Å². The highest BCUT2D eigenvalue weighted by atomic mass is 15.3. The minimum absolute atomic E-state index is 0.275. The number of hydrogen-bond donors (Lipinski definition) is 2. The number of anilines is 1. The van der Waals surface area contributed by atoms with Crippen molar-refractivity contribution in [1.29, 1.82) is 5.26 Å². The quantitative estimate of drug-likeness (QED) is 0.450. The average molecular weight is 149 g/mol. The van der Waals surface area contributed by atoms with E-state index in [1.54, 1.807) is 12.3 Å². The molecule has 0 bridgehead atoms. The maximum Gasteiger partial charge on any atom is 0.237 e. The van der Waals surface area contributed by atoms with Crippen molar-refractivity contribution in [3.63, 3.8) is 0 Å². The lowest BCUT2D eigenvalue weighted by Crippen LogP contribution is -2.10. The number of hydrazine groups is 1. The van der Waals surface area contributed by atoms with Gasteiger partial charge in [0.25, 0.3) is 0 Å². The molecule has 0 spiro atoms. The largest absolute Gasteiger partial charge is 0.292 e. The molecular weight excluding hydrogens is 142 g/mol. The molecule has 11 heavy (non-hydrogen) atoms. The van der Waals surface area contributed by atoms with E-state index in [2.05, 4.69) is 15.4 Å². The summed E-state index contributed by atoms with van der Waals surface area (Å²) in [7, 11) is 0. The van der Waals surface area contributed by atoms with Crippen LogP contribution in [0.2, 0.25) is 0 Å². The van der Waals surface area contributed by atoms with E-state index in [1.165, 1.54) is 0 Å². The monoisotopic (exact) mass is 149 g/mol. The summed E-state index contributed by atoms with van der Waals surface area (Å²) in [6.45, 7) is 0. The minimum atomic E-state index is 0.275. The fraction of sp³-hybridized carbons (Fsp3) is 0.167. The molecule has 1 heterocycles. The molecule has 0 unspecified atom stereocenters. The van der Waals surface area contributed by atoms with Gasteiger partial charge >= 0.3 is 0 Å². The van der Waals surface area contributed by atoms with Gasteiger partial charge in [-0.2, -0.15) is 5.26 Å². The molecule has 5 heteroatoms. The Morgan fingerprint density at radius 1 is 1.73 bits per heavy atom.